The van der Waals surface area contributed by atoms with Crippen LogP contribution in [0.3, 0.4) is 0 Å². The molecule has 0 bridgehead atoms. The fraction of sp³-hybridized carbons (Fsp3) is 0.0769. The van der Waals surface area contributed by atoms with Gasteiger partial charge in [-0.05, 0) is 12.1 Å². The highest BCUT2D eigenvalue weighted by atomic mass is 16.6. The maximum Gasteiger partial charge on any atom is 0.276 e. The summed E-state index contributed by atoms with van der Waals surface area (Å²) in [5.74, 6) is -0.329. The summed E-state index contributed by atoms with van der Waals surface area (Å²) in [4.78, 5) is 21.9. The number of para-hydroxylation sites is 1. The molecule has 0 aliphatic rings. The molecule has 0 radical (unpaired) electrons. The smallest absolute Gasteiger partial charge is 0.276 e. The van der Waals surface area contributed by atoms with Gasteiger partial charge in [-0.3, -0.25) is 20.0 Å². The molecule has 1 aromatic carbocycles. The molecule has 1 heterocycles. The van der Waals surface area contributed by atoms with Crippen molar-refractivity contribution < 1.29 is 9.72 Å². The van der Waals surface area contributed by atoms with E-state index in [9.17, 15) is 14.9 Å². The van der Waals surface area contributed by atoms with Crippen LogP contribution >= 0.6 is 0 Å². The highest BCUT2D eigenvalue weighted by molar-refractivity contribution is 5.92. The van der Waals surface area contributed by atoms with Crippen molar-refractivity contribution in [1.82, 2.24) is 15.5 Å². The fourth-order valence-corrected chi connectivity index (χ4v) is 1.58. The van der Waals surface area contributed by atoms with Crippen molar-refractivity contribution in [3.63, 3.8) is 0 Å². The summed E-state index contributed by atoms with van der Waals surface area (Å²) < 4.78 is 0. The zero-order valence-corrected chi connectivity index (χ0v) is 10.4. The van der Waals surface area contributed by atoms with Crippen molar-refractivity contribution in [2.45, 2.75) is 6.54 Å². The standard InChI is InChI=1S/C13H12N4O3/c18-13(14-7-10-8-15-16-9-10)6-5-11-3-1-2-4-12(11)17(19)20/h1-6,8-9H,7H2,(H,14,18)(H,15,16)/b6-5+. The number of rotatable bonds is 5. The van der Waals surface area contributed by atoms with Gasteiger partial charge in [0.1, 0.15) is 0 Å². The number of aromatic nitrogens is 2. The second-order valence-electron chi connectivity index (χ2n) is 3.97. The van der Waals surface area contributed by atoms with E-state index in [1.807, 2.05) is 0 Å². The molecular formula is C13H12N4O3. The summed E-state index contributed by atoms with van der Waals surface area (Å²) >= 11 is 0. The molecule has 0 unspecified atom stereocenters. The Bertz CT molecular complexity index is 635. The van der Waals surface area contributed by atoms with Gasteiger partial charge in [0.15, 0.2) is 0 Å². The summed E-state index contributed by atoms with van der Waals surface area (Å²) in [6.07, 6.45) is 5.96. The molecule has 0 aliphatic heterocycles. The third kappa shape index (κ3) is 3.52. The van der Waals surface area contributed by atoms with Crippen LogP contribution < -0.4 is 5.32 Å². The van der Waals surface area contributed by atoms with Crippen LogP contribution in [0.15, 0.2) is 42.7 Å². The first kappa shape index (κ1) is 13.5. The molecule has 20 heavy (non-hydrogen) atoms. The summed E-state index contributed by atoms with van der Waals surface area (Å²) in [6, 6.07) is 6.23. The quantitative estimate of drug-likeness (QED) is 0.491. The predicted octanol–water partition coefficient (Wildman–Crippen LogP) is 1.65. The predicted molar refractivity (Wildman–Crippen MR) is 72.6 cm³/mol. The maximum atomic E-state index is 11.6. The molecule has 0 aliphatic carbocycles. The lowest BCUT2D eigenvalue weighted by Gasteiger charge is -1.99. The zero-order chi connectivity index (χ0) is 14.4. The monoisotopic (exact) mass is 272 g/mol. The van der Waals surface area contributed by atoms with E-state index in [1.165, 1.54) is 18.2 Å². The van der Waals surface area contributed by atoms with Crippen LogP contribution in [0.2, 0.25) is 0 Å². The Hall–Kier alpha value is -2.96. The van der Waals surface area contributed by atoms with Crippen molar-refractivity contribution >= 4 is 17.7 Å². The number of hydrogen-bond acceptors (Lipinski definition) is 4. The van der Waals surface area contributed by atoms with Gasteiger partial charge in [0.2, 0.25) is 5.91 Å². The highest BCUT2D eigenvalue weighted by Gasteiger charge is 2.09. The first-order valence-electron chi connectivity index (χ1n) is 5.84. The molecule has 2 rings (SSSR count). The van der Waals surface area contributed by atoms with Gasteiger partial charge in [-0.15, -0.1) is 0 Å². The number of nitrogens with one attached hydrogen (secondary N) is 2. The Morgan fingerprint density at radius 1 is 1.45 bits per heavy atom. The van der Waals surface area contributed by atoms with Crippen LogP contribution in [-0.4, -0.2) is 21.0 Å². The Morgan fingerprint density at radius 2 is 2.25 bits per heavy atom. The van der Waals surface area contributed by atoms with Gasteiger partial charge in [0, 0.05) is 30.4 Å². The molecule has 102 valence electrons. The molecule has 7 heteroatoms. The lowest BCUT2D eigenvalue weighted by atomic mass is 10.1. The van der Waals surface area contributed by atoms with E-state index in [1.54, 1.807) is 30.6 Å². The molecule has 1 aromatic heterocycles. The van der Waals surface area contributed by atoms with Gasteiger partial charge < -0.3 is 5.32 Å². The van der Waals surface area contributed by atoms with E-state index in [2.05, 4.69) is 15.5 Å². The average Bonchev–Trinajstić information content (AvgIpc) is 2.96. The van der Waals surface area contributed by atoms with Crippen molar-refractivity contribution in [2.75, 3.05) is 0 Å². The molecule has 7 nitrogen and oxygen atoms in total. The SMILES string of the molecule is O=C(/C=C/c1ccccc1[N+](=O)[O-])NCc1cn[nH]c1. The number of nitro groups is 1. The summed E-state index contributed by atoms with van der Waals surface area (Å²) in [5.41, 5.74) is 1.19. The molecular weight excluding hydrogens is 260 g/mol. The second kappa shape index (κ2) is 6.28. The molecule has 2 aromatic rings. The normalized spacial score (nSPS) is 10.6. The summed E-state index contributed by atoms with van der Waals surface area (Å²) in [6.45, 7) is 0.344. The van der Waals surface area contributed by atoms with Gasteiger partial charge in [-0.1, -0.05) is 12.1 Å². The first-order valence-corrected chi connectivity index (χ1v) is 5.84. The Kier molecular flexibility index (Phi) is 4.23. The van der Waals surface area contributed by atoms with E-state index in [0.717, 1.165) is 5.56 Å². The van der Waals surface area contributed by atoms with E-state index < -0.39 is 4.92 Å². The number of hydrogen-bond donors (Lipinski definition) is 2. The number of carbonyl (C=O) groups excluding carboxylic acids is 1. The molecule has 0 saturated carbocycles. The second-order valence-corrected chi connectivity index (χ2v) is 3.97. The van der Waals surface area contributed by atoms with Crippen molar-refractivity contribution in [1.29, 1.82) is 0 Å². The van der Waals surface area contributed by atoms with E-state index in [-0.39, 0.29) is 11.6 Å². The van der Waals surface area contributed by atoms with Gasteiger partial charge in [-0.25, -0.2) is 0 Å². The minimum Gasteiger partial charge on any atom is -0.348 e. The number of benzene rings is 1. The fourth-order valence-electron chi connectivity index (χ4n) is 1.58. The summed E-state index contributed by atoms with van der Waals surface area (Å²) in [5, 5.41) is 19.8. The van der Waals surface area contributed by atoms with Crippen molar-refractivity contribution in [2.24, 2.45) is 0 Å². The van der Waals surface area contributed by atoms with Crippen molar-refractivity contribution in [3.05, 3.63) is 64.0 Å². The lowest BCUT2D eigenvalue weighted by Crippen LogP contribution is -2.19. The van der Waals surface area contributed by atoms with Crippen LogP contribution in [0.4, 0.5) is 5.69 Å². The number of H-pyrrole nitrogens is 1. The number of nitro benzene ring substituents is 1. The van der Waals surface area contributed by atoms with Crippen LogP contribution in [0.1, 0.15) is 11.1 Å². The third-order valence-corrected chi connectivity index (χ3v) is 2.57. The Labute approximate surface area is 114 Å². The largest absolute Gasteiger partial charge is 0.348 e. The van der Waals surface area contributed by atoms with Gasteiger partial charge in [-0.2, -0.15) is 5.10 Å². The first-order chi connectivity index (χ1) is 9.66. The molecule has 2 N–H and O–H groups in total. The molecule has 1 amide bonds. The number of nitrogens with zero attached hydrogens (tertiary/aromatic N) is 2. The number of amides is 1. The molecule has 0 atom stereocenters. The Balaban J connectivity index is 1.98. The minimum absolute atomic E-state index is 0.0358. The highest BCUT2D eigenvalue weighted by Crippen LogP contribution is 2.18. The average molecular weight is 272 g/mol. The Morgan fingerprint density at radius 3 is 2.95 bits per heavy atom. The van der Waals surface area contributed by atoms with Crippen LogP contribution in [0, 0.1) is 10.1 Å². The third-order valence-electron chi connectivity index (χ3n) is 2.57. The van der Waals surface area contributed by atoms with Crippen LogP contribution in [0.5, 0.6) is 0 Å². The van der Waals surface area contributed by atoms with Crippen LogP contribution in [-0.2, 0) is 11.3 Å². The van der Waals surface area contributed by atoms with Gasteiger partial charge in [0.25, 0.3) is 5.69 Å². The maximum absolute atomic E-state index is 11.6. The van der Waals surface area contributed by atoms with Crippen molar-refractivity contribution in [3.8, 4) is 0 Å². The number of carbonyl (C=O) groups is 1. The van der Waals surface area contributed by atoms with E-state index in [4.69, 9.17) is 0 Å². The minimum atomic E-state index is -0.483. The topological polar surface area (TPSA) is 101 Å². The molecule has 0 fully saturated rings. The van der Waals surface area contributed by atoms with E-state index >= 15 is 0 Å². The lowest BCUT2D eigenvalue weighted by molar-refractivity contribution is -0.385. The molecule has 0 saturated heterocycles. The number of aromatic amines is 1. The van der Waals surface area contributed by atoms with Gasteiger partial charge >= 0.3 is 0 Å². The van der Waals surface area contributed by atoms with Gasteiger partial charge in [0.05, 0.1) is 16.7 Å². The zero-order valence-electron chi connectivity index (χ0n) is 10.4. The van der Waals surface area contributed by atoms with E-state index in [0.29, 0.717) is 12.1 Å². The van der Waals surface area contributed by atoms with Crippen LogP contribution in [0.25, 0.3) is 6.08 Å². The molecule has 0 spiro atoms. The summed E-state index contributed by atoms with van der Waals surface area (Å²) in [7, 11) is 0.